The number of benzene rings is 2. The molecule has 0 spiro atoms. The van der Waals surface area contributed by atoms with Crippen LogP contribution in [0.2, 0.25) is 5.02 Å². The van der Waals surface area contributed by atoms with Crippen LogP contribution < -0.4 is 9.80 Å². The second-order valence-corrected chi connectivity index (χ2v) is 11.4. The Hall–Kier alpha value is -3.73. The average Bonchev–Trinajstić information content (AvgIpc) is 3.51. The molecular weight excluding hydrogens is 562 g/mol. The smallest absolute Gasteiger partial charge is 0.304 e. The summed E-state index contributed by atoms with van der Waals surface area (Å²) >= 11 is 6.29. The first-order valence-electron chi connectivity index (χ1n) is 14.0. The van der Waals surface area contributed by atoms with Gasteiger partial charge < -0.3 is 24.7 Å². The first kappa shape index (κ1) is 29.8. The van der Waals surface area contributed by atoms with E-state index in [0.717, 1.165) is 18.4 Å². The number of likely N-dealkylation sites (tertiary alicyclic amines) is 1. The minimum atomic E-state index is -1.90. The van der Waals surface area contributed by atoms with Gasteiger partial charge in [-0.05, 0) is 48.7 Å². The maximum Gasteiger partial charge on any atom is 0.304 e. The largest absolute Gasteiger partial charge is 0.441 e. The number of hydrogen-bond acceptors (Lipinski definition) is 7. The molecule has 5 rings (SSSR count). The van der Waals surface area contributed by atoms with Crippen molar-refractivity contribution in [3.05, 3.63) is 70.8 Å². The van der Waals surface area contributed by atoms with Crippen LogP contribution in [0.4, 0.5) is 11.4 Å². The SMILES string of the molecule is CC(=O)OC1CC(=O)N1c1ccc(CN2C(=O)[C@](O)([C@H](C)/C=C/CC(=O)N3CCC[C@H]3CO)c3cc(Cl)ccc32)cc1. The molecule has 2 N–H and O–H groups in total. The Morgan fingerprint density at radius 1 is 1.19 bits per heavy atom. The number of ether oxygens (including phenoxy) is 1. The van der Waals surface area contributed by atoms with Crippen LogP contribution in [0.5, 0.6) is 0 Å². The number of esters is 1. The number of rotatable bonds is 9. The van der Waals surface area contributed by atoms with Crippen molar-refractivity contribution in [3.8, 4) is 0 Å². The Morgan fingerprint density at radius 2 is 1.93 bits per heavy atom. The van der Waals surface area contributed by atoms with Gasteiger partial charge in [0.05, 0.1) is 31.3 Å². The van der Waals surface area contributed by atoms with Crippen LogP contribution in [0.1, 0.15) is 50.7 Å². The van der Waals surface area contributed by atoms with Crippen molar-refractivity contribution in [2.24, 2.45) is 5.92 Å². The molecular formula is C31H34ClN3O7. The van der Waals surface area contributed by atoms with E-state index in [-0.39, 0.29) is 43.8 Å². The maximum atomic E-state index is 13.8. The fraction of sp³-hybridized carbons (Fsp3) is 0.419. The third kappa shape index (κ3) is 5.42. The predicted molar refractivity (Wildman–Crippen MR) is 155 cm³/mol. The molecule has 2 aromatic carbocycles. The van der Waals surface area contributed by atoms with E-state index in [1.807, 2.05) is 0 Å². The van der Waals surface area contributed by atoms with E-state index in [2.05, 4.69) is 0 Å². The summed E-state index contributed by atoms with van der Waals surface area (Å²) in [7, 11) is 0. The lowest BCUT2D eigenvalue weighted by molar-refractivity contribution is -0.154. The third-order valence-electron chi connectivity index (χ3n) is 8.28. The Morgan fingerprint density at radius 3 is 2.60 bits per heavy atom. The molecule has 11 heteroatoms. The fourth-order valence-electron chi connectivity index (χ4n) is 5.99. The van der Waals surface area contributed by atoms with Gasteiger partial charge in [-0.15, -0.1) is 0 Å². The molecule has 4 atom stereocenters. The summed E-state index contributed by atoms with van der Waals surface area (Å²) in [4.78, 5) is 54.6. The highest BCUT2D eigenvalue weighted by Crippen LogP contribution is 2.47. The number of nitrogens with zero attached hydrogens (tertiary/aromatic N) is 3. The molecule has 222 valence electrons. The molecule has 3 heterocycles. The number of hydrogen-bond donors (Lipinski definition) is 2. The molecule has 0 aromatic heterocycles. The molecule has 2 aromatic rings. The standard InChI is InChI=1S/C31H34ClN3O7/c1-19(5-3-7-27(38)33-14-4-6-24(33)18-36)31(41)25-15-22(32)10-13-26(25)34(30(31)40)17-21-8-11-23(12-9-21)35-28(39)16-29(35)42-20(2)37/h3,5,8-13,15,19,24,29,36,41H,4,6-7,14,16-18H2,1-2H3/b5-3+/t19-,24+,29?,31+/m1/s1. The molecule has 0 bridgehead atoms. The molecule has 3 aliphatic rings. The normalized spacial score (nSPS) is 24.3. The number of aliphatic hydroxyl groups is 2. The molecule has 3 aliphatic heterocycles. The number of β-lactam (4-membered cyclic amide) rings is 1. The summed E-state index contributed by atoms with van der Waals surface area (Å²) < 4.78 is 5.18. The Kier molecular flexibility index (Phi) is 8.41. The van der Waals surface area contributed by atoms with Gasteiger partial charge in [0.25, 0.3) is 5.91 Å². The van der Waals surface area contributed by atoms with Gasteiger partial charge in [0.2, 0.25) is 11.8 Å². The minimum absolute atomic E-state index is 0.0681. The molecule has 2 fully saturated rings. The summed E-state index contributed by atoms with van der Waals surface area (Å²) in [5, 5.41) is 21.8. The summed E-state index contributed by atoms with van der Waals surface area (Å²) in [6.45, 7) is 3.71. The number of aliphatic hydroxyl groups excluding tert-OH is 1. The predicted octanol–water partition coefficient (Wildman–Crippen LogP) is 3.27. The lowest BCUT2D eigenvalue weighted by atomic mass is 9.83. The van der Waals surface area contributed by atoms with Crippen molar-refractivity contribution < 1.29 is 34.1 Å². The highest BCUT2D eigenvalue weighted by molar-refractivity contribution is 6.31. The van der Waals surface area contributed by atoms with E-state index in [0.29, 0.717) is 28.5 Å². The van der Waals surface area contributed by atoms with Gasteiger partial charge in [-0.1, -0.05) is 42.8 Å². The first-order valence-corrected chi connectivity index (χ1v) is 14.4. The highest BCUT2D eigenvalue weighted by atomic mass is 35.5. The zero-order valence-electron chi connectivity index (χ0n) is 23.5. The van der Waals surface area contributed by atoms with Gasteiger partial charge in [0.1, 0.15) is 0 Å². The number of carbonyl (C=O) groups excluding carboxylic acids is 4. The van der Waals surface area contributed by atoms with Crippen molar-refractivity contribution in [2.45, 2.75) is 63.9 Å². The monoisotopic (exact) mass is 595 g/mol. The van der Waals surface area contributed by atoms with Crippen LogP contribution in [-0.2, 0) is 36.1 Å². The molecule has 1 unspecified atom stereocenters. The van der Waals surface area contributed by atoms with Crippen LogP contribution in [0, 0.1) is 5.92 Å². The number of halogens is 1. The second kappa shape index (κ2) is 11.9. The van der Waals surface area contributed by atoms with Crippen molar-refractivity contribution in [1.82, 2.24) is 4.90 Å². The zero-order valence-corrected chi connectivity index (χ0v) is 24.3. The maximum absolute atomic E-state index is 13.8. The fourth-order valence-corrected chi connectivity index (χ4v) is 6.16. The van der Waals surface area contributed by atoms with Crippen LogP contribution >= 0.6 is 11.6 Å². The van der Waals surface area contributed by atoms with Crippen LogP contribution in [0.15, 0.2) is 54.6 Å². The van der Waals surface area contributed by atoms with Gasteiger partial charge in [-0.2, -0.15) is 0 Å². The van der Waals surface area contributed by atoms with Crippen molar-refractivity contribution in [2.75, 3.05) is 23.0 Å². The highest BCUT2D eigenvalue weighted by Gasteiger charge is 2.52. The van der Waals surface area contributed by atoms with Crippen molar-refractivity contribution in [1.29, 1.82) is 0 Å². The van der Waals surface area contributed by atoms with Crippen LogP contribution in [0.25, 0.3) is 0 Å². The van der Waals surface area contributed by atoms with E-state index in [1.54, 1.807) is 66.4 Å². The van der Waals surface area contributed by atoms with Gasteiger partial charge >= 0.3 is 5.97 Å². The Bertz CT molecular complexity index is 1430. The Balaban J connectivity index is 1.32. The van der Waals surface area contributed by atoms with Gasteiger partial charge in [-0.25, -0.2) is 0 Å². The van der Waals surface area contributed by atoms with E-state index in [9.17, 15) is 29.4 Å². The van der Waals surface area contributed by atoms with Crippen LogP contribution in [0.3, 0.4) is 0 Å². The topological polar surface area (TPSA) is 128 Å². The number of carbonyl (C=O) groups is 4. The van der Waals surface area contributed by atoms with Gasteiger partial charge in [-0.3, -0.25) is 24.1 Å². The molecule has 0 saturated carbocycles. The molecule has 0 aliphatic carbocycles. The average molecular weight is 596 g/mol. The molecule has 0 radical (unpaired) electrons. The second-order valence-electron chi connectivity index (χ2n) is 11.0. The molecule has 3 amide bonds. The third-order valence-corrected chi connectivity index (χ3v) is 8.51. The number of fused-ring (bicyclic) bond motifs is 1. The number of anilines is 2. The molecule has 2 saturated heterocycles. The van der Waals surface area contributed by atoms with E-state index < -0.39 is 29.6 Å². The van der Waals surface area contributed by atoms with Crippen molar-refractivity contribution >= 4 is 46.7 Å². The van der Waals surface area contributed by atoms with E-state index in [4.69, 9.17) is 16.3 Å². The summed E-state index contributed by atoms with van der Waals surface area (Å²) in [6, 6.07) is 11.8. The molecule has 10 nitrogen and oxygen atoms in total. The van der Waals surface area contributed by atoms with Crippen LogP contribution in [-0.4, -0.2) is 64.2 Å². The van der Waals surface area contributed by atoms with Gasteiger partial charge in [0.15, 0.2) is 11.8 Å². The quantitative estimate of drug-likeness (QED) is 0.259. The van der Waals surface area contributed by atoms with Crippen molar-refractivity contribution in [3.63, 3.8) is 0 Å². The van der Waals surface area contributed by atoms with E-state index in [1.165, 1.54) is 16.7 Å². The minimum Gasteiger partial charge on any atom is -0.441 e. The van der Waals surface area contributed by atoms with Gasteiger partial charge in [0, 0.05) is 42.1 Å². The lowest BCUT2D eigenvalue weighted by Gasteiger charge is -2.39. The molecule has 42 heavy (non-hydrogen) atoms. The lowest BCUT2D eigenvalue weighted by Crippen LogP contribution is -2.54. The summed E-state index contributed by atoms with van der Waals surface area (Å²) in [6.07, 6.45) is 4.56. The zero-order chi connectivity index (χ0) is 30.2. The number of amides is 3. The Labute approximate surface area is 249 Å². The first-order chi connectivity index (χ1) is 20.0. The summed E-state index contributed by atoms with van der Waals surface area (Å²) in [5.41, 5.74) is 0.346. The van der Waals surface area contributed by atoms with E-state index >= 15 is 0 Å². The summed E-state index contributed by atoms with van der Waals surface area (Å²) in [5.74, 6) is -1.92.